The molecule has 2 aromatic rings. The van der Waals surface area contributed by atoms with Crippen molar-refractivity contribution in [3.8, 4) is 17.8 Å². The summed E-state index contributed by atoms with van der Waals surface area (Å²) in [6.45, 7) is 6.25. The molecule has 1 N–H and O–H groups in total. The Balaban J connectivity index is 2.29. The SMILES string of the molecule is CCNc1nc(Oc2ccccc2F)nc(OC(C)C)n1. The van der Waals surface area contributed by atoms with Crippen LogP contribution in [0.1, 0.15) is 20.8 Å². The van der Waals surface area contributed by atoms with Crippen LogP contribution in [0.3, 0.4) is 0 Å². The number of rotatable bonds is 6. The van der Waals surface area contributed by atoms with Gasteiger partial charge in [-0.15, -0.1) is 4.98 Å². The summed E-state index contributed by atoms with van der Waals surface area (Å²) >= 11 is 0. The average Bonchev–Trinajstić information content (AvgIpc) is 2.41. The van der Waals surface area contributed by atoms with Crippen LogP contribution in [0.15, 0.2) is 24.3 Å². The number of nitrogens with zero attached hydrogens (tertiary/aromatic N) is 3. The van der Waals surface area contributed by atoms with Crippen molar-refractivity contribution in [1.82, 2.24) is 15.0 Å². The summed E-state index contributed by atoms with van der Waals surface area (Å²) in [4.78, 5) is 12.2. The Kier molecular flexibility index (Phi) is 4.86. The average molecular weight is 292 g/mol. The van der Waals surface area contributed by atoms with Crippen molar-refractivity contribution in [3.63, 3.8) is 0 Å². The quantitative estimate of drug-likeness (QED) is 0.882. The molecule has 7 heteroatoms. The number of aromatic nitrogens is 3. The molecule has 0 aliphatic rings. The molecule has 0 saturated heterocycles. The first-order chi connectivity index (χ1) is 10.1. The number of anilines is 1. The van der Waals surface area contributed by atoms with Gasteiger partial charge in [0, 0.05) is 6.54 Å². The molecule has 0 aliphatic carbocycles. The maximum absolute atomic E-state index is 13.6. The fourth-order valence-corrected chi connectivity index (χ4v) is 1.51. The zero-order valence-corrected chi connectivity index (χ0v) is 12.1. The summed E-state index contributed by atoms with van der Waals surface area (Å²) in [5.74, 6) is -0.134. The van der Waals surface area contributed by atoms with Gasteiger partial charge in [0.05, 0.1) is 6.10 Å². The normalized spacial score (nSPS) is 10.5. The number of ether oxygens (including phenoxy) is 2. The first-order valence-electron chi connectivity index (χ1n) is 6.67. The number of hydrogen-bond donors (Lipinski definition) is 1. The van der Waals surface area contributed by atoms with Crippen LogP contribution >= 0.6 is 0 Å². The van der Waals surface area contributed by atoms with E-state index in [1.807, 2.05) is 20.8 Å². The van der Waals surface area contributed by atoms with E-state index >= 15 is 0 Å². The molecular weight excluding hydrogens is 275 g/mol. The summed E-state index contributed by atoms with van der Waals surface area (Å²) in [7, 11) is 0. The lowest BCUT2D eigenvalue weighted by molar-refractivity contribution is 0.218. The van der Waals surface area contributed by atoms with Crippen LogP contribution < -0.4 is 14.8 Å². The van der Waals surface area contributed by atoms with Crippen LogP contribution in [0.2, 0.25) is 0 Å². The van der Waals surface area contributed by atoms with Crippen molar-refractivity contribution in [1.29, 1.82) is 0 Å². The van der Waals surface area contributed by atoms with Crippen LogP contribution in [0, 0.1) is 5.82 Å². The Morgan fingerprint density at radius 2 is 1.86 bits per heavy atom. The van der Waals surface area contributed by atoms with E-state index in [1.54, 1.807) is 12.1 Å². The van der Waals surface area contributed by atoms with Crippen molar-refractivity contribution in [2.45, 2.75) is 26.9 Å². The minimum Gasteiger partial charge on any atom is -0.461 e. The molecule has 1 heterocycles. The first-order valence-corrected chi connectivity index (χ1v) is 6.67. The molecule has 6 nitrogen and oxygen atoms in total. The third kappa shape index (κ3) is 4.27. The molecule has 0 fully saturated rings. The van der Waals surface area contributed by atoms with Gasteiger partial charge in [0.25, 0.3) is 0 Å². The van der Waals surface area contributed by atoms with Gasteiger partial charge >= 0.3 is 12.0 Å². The lowest BCUT2D eigenvalue weighted by Crippen LogP contribution is -2.12. The van der Waals surface area contributed by atoms with Gasteiger partial charge in [-0.05, 0) is 32.9 Å². The fourth-order valence-electron chi connectivity index (χ4n) is 1.51. The third-order valence-corrected chi connectivity index (χ3v) is 2.31. The topological polar surface area (TPSA) is 69.2 Å². The third-order valence-electron chi connectivity index (χ3n) is 2.31. The minimum atomic E-state index is -0.491. The summed E-state index contributed by atoms with van der Waals surface area (Å²) < 4.78 is 24.4. The zero-order valence-electron chi connectivity index (χ0n) is 12.1. The van der Waals surface area contributed by atoms with Crippen LogP contribution in [0.25, 0.3) is 0 Å². The summed E-state index contributed by atoms with van der Waals surface area (Å²) in [5.41, 5.74) is 0. The van der Waals surface area contributed by atoms with E-state index in [4.69, 9.17) is 9.47 Å². The molecule has 0 radical (unpaired) electrons. The largest absolute Gasteiger partial charge is 0.461 e. The highest BCUT2D eigenvalue weighted by atomic mass is 19.1. The van der Waals surface area contributed by atoms with E-state index in [-0.39, 0.29) is 23.9 Å². The number of hydrogen-bond acceptors (Lipinski definition) is 6. The van der Waals surface area contributed by atoms with Gasteiger partial charge in [-0.3, -0.25) is 0 Å². The van der Waals surface area contributed by atoms with E-state index in [9.17, 15) is 4.39 Å². The predicted molar refractivity (Wildman–Crippen MR) is 76.2 cm³/mol. The summed E-state index contributed by atoms with van der Waals surface area (Å²) in [6.07, 6.45) is -0.0943. The second kappa shape index (κ2) is 6.83. The summed E-state index contributed by atoms with van der Waals surface area (Å²) in [6, 6.07) is 6.13. The molecule has 21 heavy (non-hydrogen) atoms. The van der Waals surface area contributed by atoms with Crippen LogP contribution in [0.5, 0.6) is 17.8 Å². The van der Waals surface area contributed by atoms with Crippen molar-refractivity contribution >= 4 is 5.95 Å². The molecule has 2 rings (SSSR count). The Morgan fingerprint density at radius 1 is 1.14 bits per heavy atom. The zero-order chi connectivity index (χ0) is 15.2. The smallest absolute Gasteiger partial charge is 0.330 e. The Morgan fingerprint density at radius 3 is 2.52 bits per heavy atom. The molecule has 0 bridgehead atoms. The molecule has 112 valence electrons. The molecule has 1 aromatic carbocycles. The first kappa shape index (κ1) is 15.0. The molecule has 0 spiro atoms. The number of benzene rings is 1. The van der Waals surface area contributed by atoms with Crippen molar-refractivity contribution < 1.29 is 13.9 Å². The van der Waals surface area contributed by atoms with E-state index in [1.165, 1.54) is 12.1 Å². The van der Waals surface area contributed by atoms with E-state index < -0.39 is 5.82 Å². The van der Waals surface area contributed by atoms with Crippen LogP contribution in [0.4, 0.5) is 10.3 Å². The number of para-hydroxylation sites is 1. The monoisotopic (exact) mass is 292 g/mol. The van der Waals surface area contributed by atoms with Crippen molar-refractivity contribution in [2.24, 2.45) is 0 Å². The molecule has 1 aromatic heterocycles. The maximum Gasteiger partial charge on any atom is 0.330 e. The molecule has 0 saturated carbocycles. The molecular formula is C14H17FN4O2. The maximum atomic E-state index is 13.6. The lowest BCUT2D eigenvalue weighted by atomic mass is 10.3. The van der Waals surface area contributed by atoms with Gasteiger partial charge < -0.3 is 14.8 Å². The predicted octanol–water partition coefficient (Wildman–Crippen LogP) is 3.02. The van der Waals surface area contributed by atoms with Crippen molar-refractivity contribution in [3.05, 3.63) is 30.1 Å². The highest BCUT2D eigenvalue weighted by molar-refractivity contribution is 5.31. The number of halogens is 1. The standard InChI is InChI=1S/C14H17FN4O2/c1-4-16-12-17-13(20-9(2)3)19-14(18-12)21-11-8-6-5-7-10(11)15/h5-9H,4H2,1-3H3,(H,16,17,18,19). The second-order valence-corrected chi connectivity index (χ2v) is 4.45. The number of nitrogens with one attached hydrogen (secondary N) is 1. The van der Waals surface area contributed by atoms with Gasteiger partial charge in [0.15, 0.2) is 11.6 Å². The van der Waals surface area contributed by atoms with Gasteiger partial charge in [-0.1, -0.05) is 12.1 Å². The Bertz CT molecular complexity index is 607. The molecule has 0 aliphatic heterocycles. The Hall–Kier alpha value is -2.44. The highest BCUT2D eigenvalue weighted by Gasteiger charge is 2.12. The highest BCUT2D eigenvalue weighted by Crippen LogP contribution is 2.23. The van der Waals surface area contributed by atoms with E-state index in [0.717, 1.165) is 0 Å². The molecule has 0 amide bonds. The van der Waals surface area contributed by atoms with Crippen LogP contribution in [-0.4, -0.2) is 27.6 Å². The van der Waals surface area contributed by atoms with E-state index in [2.05, 4.69) is 20.3 Å². The second-order valence-electron chi connectivity index (χ2n) is 4.45. The van der Waals surface area contributed by atoms with Crippen LogP contribution in [-0.2, 0) is 0 Å². The van der Waals surface area contributed by atoms with Gasteiger partial charge in [0.1, 0.15) is 0 Å². The van der Waals surface area contributed by atoms with Gasteiger partial charge in [0.2, 0.25) is 5.95 Å². The Labute approximate surface area is 122 Å². The fraction of sp³-hybridized carbons (Fsp3) is 0.357. The van der Waals surface area contributed by atoms with E-state index in [0.29, 0.717) is 12.5 Å². The van der Waals surface area contributed by atoms with Gasteiger partial charge in [-0.25, -0.2) is 4.39 Å². The molecule has 0 atom stereocenters. The lowest BCUT2D eigenvalue weighted by Gasteiger charge is -2.11. The van der Waals surface area contributed by atoms with Gasteiger partial charge in [-0.2, -0.15) is 9.97 Å². The van der Waals surface area contributed by atoms with Crippen molar-refractivity contribution in [2.75, 3.05) is 11.9 Å². The summed E-state index contributed by atoms with van der Waals surface area (Å²) in [5, 5.41) is 2.95. The minimum absolute atomic E-state index is 0.0262. The molecule has 0 unspecified atom stereocenters.